The van der Waals surface area contributed by atoms with Crippen LogP contribution in [0.2, 0.25) is 0 Å². The maximum Gasteiger partial charge on any atom is 0.167 e. The van der Waals surface area contributed by atoms with E-state index in [4.69, 9.17) is 11.6 Å². The number of rotatable bonds is 0. The van der Waals surface area contributed by atoms with Gasteiger partial charge in [-0.2, -0.15) is 0 Å². The second kappa shape index (κ2) is 2.54. The van der Waals surface area contributed by atoms with Gasteiger partial charge in [-0.1, -0.05) is 11.6 Å². The van der Waals surface area contributed by atoms with Gasteiger partial charge in [0.1, 0.15) is 5.17 Å². The Morgan fingerprint density at radius 1 is 1.50 bits per heavy atom. The highest BCUT2D eigenvalue weighted by Crippen LogP contribution is 2.16. The summed E-state index contributed by atoms with van der Waals surface area (Å²) in [4.78, 5) is 14.9. The van der Waals surface area contributed by atoms with Crippen molar-refractivity contribution in [1.29, 1.82) is 0 Å². The van der Waals surface area contributed by atoms with Crippen LogP contribution in [0.3, 0.4) is 0 Å². The average Bonchev–Trinajstić information content (AvgIpc) is 1.82. The fraction of sp³-hybridized carbons (Fsp3) is 0.429. The van der Waals surface area contributed by atoms with Crippen molar-refractivity contribution in [2.45, 2.75) is 20.3 Å². The molecule has 10 heavy (non-hydrogen) atoms. The van der Waals surface area contributed by atoms with Crippen LogP contribution in [0.4, 0.5) is 0 Å². The first kappa shape index (κ1) is 7.48. The summed E-state index contributed by atoms with van der Waals surface area (Å²) < 4.78 is 0. The number of hydrogen-bond acceptors (Lipinski definition) is 2. The molecule has 0 bridgehead atoms. The predicted molar refractivity (Wildman–Crippen MR) is 41.3 cm³/mol. The number of hydrogen-bond donors (Lipinski definition) is 0. The summed E-state index contributed by atoms with van der Waals surface area (Å²) in [6.07, 6.45) is 0.269. The number of carbonyl (C=O) groups is 1. The van der Waals surface area contributed by atoms with Crippen LogP contribution in [0.1, 0.15) is 20.3 Å². The van der Waals surface area contributed by atoms with Crippen LogP contribution >= 0.6 is 11.6 Å². The molecule has 0 unspecified atom stereocenters. The first-order valence-corrected chi connectivity index (χ1v) is 3.43. The Balaban J connectivity index is 3.03. The topological polar surface area (TPSA) is 29.4 Å². The van der Waals surface area contributed by atoms with Gasteiger partial charge in [0.15, 0.2) is 5.78 Å². The Kier molecular flexibility index (Phi) is 1.90. The molecule has 2 nitrogen and oxygen atoms in total. The Labute approximate surface area is 64.6 Å². The van der Waals surface area contributed by atoms with Gasteiger partial charge < -0.3 is 0 Å². The van der Waals surface area contributed by atoms with Gasteiger partial charge in [0, 0.05) is 11.3 Å². The lowest BCUT2D eigenvalue weighted by Crippen LogP contribution is -2.10. The molecule has 0 aromatic rings. The van der Waals surface area contributed by atoms with E-state index in [0.717, 1.165) is 11.3 Å². The zero-order chi connectivity index (χ0) is 7.72. The van der Waals surface area contributed by atoms with Gasteiger partial charge in [0.05, 0.1) is 6.42 Å². The molecule has 0 saturated carbocycles. The molecule has 0 spiro atoms. The van der Waals surface area contributed by atoms with Crippen LogP contribution in [0.15, 0.2) is 16.3 Å². The molecule has 0 saturated heterocycles. The molecule has 1 aliphatic heterocycles. The van der Waals surface area contributed by atoms with E-state index in [1.54, 1.807) is 13.8 Å². The van der Waals surface area contributed by atoms with Crippen molar-refractivity contribution in [1.82, 2.24) is 0 Å². The first-order chi connectivity index (χ1) is 4.61. The maximum atomic E-state index is 11.0. The van der Waals surface area contributed by atoms with Crippen LogP contribution in [-0.2, 0) is 4.79 Å². The molecule has 1 rings (SSSR count). The van der Waals surface area contributed by atoms with Crippen molar-refractivity contribution >= 4 is 22.6 Å². The van der Waals surface area contributed by atoms with Crippen molar-refractivity contribution in [3.05, 3.63) is 11.3 Å². The smallest absolute Gasteiger partial charge is 0.167 e. The molecule has 0 aromatic heterocycles. The molecule has 0 fully saturated rings. The van der Waals surface area contributed by atoms with Crippen LogP contribution in [0.5, 0.6) is 0 Å². The number of allylic oxidation sites excluding steroid dienone is 2. The number of nitrogens with zero attached hydrogens (tertiary/aromatic N) is 1. The third-order valence-electron chi connectivity index (χ3n) is 1.56. The van der Waals surface area contributed by atoms with Crippen molar-refractivity contribution in [2.24, 2.45) is 4.99 Å². The zero-order valence-corrected chi connectivity index (χ0v) is 6.70. The van der Waals surface area contributed by atoms with Crippen molar-refractivity contribution in [3.63, 3.8) is 0 Å². The van der Waals surface area contributed by atoms with Gasteiger partial charge in [0.2, 0.25) is 0 Å². The highest BCUT2D eigenvalue weighted by Gasteiger charge is 2.15. The van der Waals surface area contributed by atoms with Crippen molar-refractivity contribution in [2.75, 3.05) is 0 Å². The number of ketones is 1. The largest absolute Gasteiger partial charge is 0.294 e. The highest BCUT2D eigenvalue weighted by molar-refractivity contribution is 6.67. The van der Waals surface area contributed by atoms with E-state index in [0.29, 0.717) is 5.17 Å². The Morgan fingerprint density at radius 2 is 2.10 bits per heavy atom. The maximum absolute atomic E-state index is 11.0. The molecule has 0 aliphatic carbocycles. The molecule has 0 amide bonds. The minimum Gasteiger partial charge on any atom is -0.294 e. The van der Waals surface area contributed by atoms with Gasteiger partial charge >= 0.3 is 0 Å². The molecule has 0 radical (unpaired) electrons. The van der Waals surface area contributed by atoms with Crippen molar-refractivity contribution in [3.8, 4) is 0 Å². The van der Waals surface area contributed by atoms with Crippen LogP contribution in [-0.4, -0.2) is 11.0 Å². The lowest BCUT2D eigenvalue weighted by molar-refractivity contribution is -0.114. The molecule has 54 valence electrons. The SMILES string of the molecule is CC1=C(C)C(=O)CC(Cl)=N1. The van der Waals surface area contributed by atoms with Crippen LogP contribution in [0, 0.1) is 0 Å². The predicted octanol–water partition coefficient (Wildman–Crippen LogP) is 1.89. The second-order valence-corrected chi connectivity index (χ2v) is 2.73. The molecule has 1 aliphatic rings. The monoisotopic (exact) mass is 157 g/mol. The lowest BCUT2D eigenvalue weighted by atomic mass is 10.1. The normalized spacial score (nSPS) is 19.5. The molecule has 1 heterocycles. The molecular weight excluding hydrogens is 150 g/mol. The van der Waals surface area contributed by atoms with E-state index in [2.05, 4.69) is 4.99 Å². The van der Waals surface area contributed by atoms with Gasteiger partial charge in [0.25, 0.3) is 0 Å². The number of carbonyl (C=O) groups excluding carboxylic acids is 1. The van der Waals surface area contributed by atoms with Crippen molar-refractivity contribution < 1.29 is 4.79 Å². The summed E-state index contributed by atoms with van der Waals surface area (Å²) in [7, 11) is 0. The quantitative estimate of drug-likeness (QED) is 0.528. The Morgan fingerprint density at radius 3 is 2.60 bits per heavy atom. The van der Waals surface area contributed by atoms with Crippen LogP contribution < -0.4 is 0 Å². The van der Waals surface area contributed by atoms with E-state index < -0.39 is 0 Å². The standard InChI is InChI=1S/C7H8ClNO/c1-4-5(2)9-7(8)3-6(4)10/h3H2,1-2H3. The fourth-order valence-electron chi connectivity index (χ4n) is 0.772. The van der Waals surface area contributed by atoms with E-state index >= 15 is 0 Å². The van der Waals surface area contributed by atoms with Crippen LogP contribution in [0.25, 0.3) is 0 Å². The van der Waals surface area contributed by atoms with Gasteiger partial charge in [-0.15, -0.1) is 0 Å². The minimum absolute atomic E-state index is 0.0810. The van der Waals surface area contributed by atoms with E-state index in [1.807, 2.05) is 0 Å². The summed E-state index contributed by atoms with van der Waals surface area (Å²) in [5.74, 6) is 0.0810. The average molecular weight is 158 g/mol. The lowest BCUT2D eigenvalue weighted by Gasteiger charge is -2.08. The Hall–Kier alpha value is -0.630. The van der Waals surface area contributed by atoms with E-state index in [-0.39, 0.29) is 12.2 Å². The zero-order valence-electron chi connectivity index (χ0n) is 5.94. The highest BCUT2D eigenvalue weighted by atomic mass is 35.5. The summed E-state index contributed by atoms with van der Waals surface area (Å²) in [5, 5.41) is 0.396. The summed E-state index contributed by atoms with van der Waals surface area (Å²) in [5.41, 5.74) is 1.46. The molecule has 0 aromatic carbocycles. The Bertz CT molecular complexity index is 240. The molecule has 0 N–H and O–H groups in total. The number of aliphatic imine (C=N–C) groups is 1. The number of Topliss-reactive ketones (excluding diaryl/α,β-unsaturated/α-hetero) is 1. The van der Waals surface area contributed by atoms with Gasteiger partial charge in [-0.05, 0) is 13.8 Å². The minimum atomic E-state index is 0.0810. The number of halogens is 1. The van der Waals surface area contributed by atoms with Gasteiger partial charge in [-0.25, -0.2) is 4.99 Å². The molecule has 0 atom stereocenters. The first-order valence-electron chi connectivity index (χ1n) is 3.05. The van der Waals surface area contributed by atoms with E-state index in [9.17, 15) is 4.79 Å². The molecular formula is C7H8ClNO. The van der Waals surface area contributed by atoms with E-state index in [1.165, 1.54) is 0 Å². The van der Waals surface area contributed by atoms with Gasteiger partial charge in [-0.3, -0.25) is 4.79 Å². The third-order valence-corrected chi connectivity index (χ3v) is 1.77. The fourth-order valence-corrected chi connectivity index (χ4v) is 1.02. The second-order valence-electron chi connectivity index (χ2n) is 2.30. The summed E-state index contributed by atoms with van der Waals surface area (Å²) in [6.45, 7) is 3.55. The molecule has 3 heteroatoms. The summed E-state index contributed by atoms with van der Waals surface area (Å²) in [6, 6.07) is 0. The third kappa shape index (κ3) is 1.27. The summed E-state index contributed by atoms with van der Waals surface area (Å²) >= 11 is 5.57.